The molecule has 1 aliphatic rings. The molecule has 0 amide bonds. The number of aromatic amines is 1. The highest BCUT2D eigenvalue weighted by Gasteiger charge is 2.25. The van der Waals surface area contributed by atoms with Crippen LogP contribution in [0, 0.1) is 11.3 Å². The number of nitrogens with zero attached hydrogens (tertiary/aromatic N) is 3. The fourth-order valence-corrected chi connectivity index (χ4v) is 2.95. The summed E-state index contributed by atoms with van der Waals surface area (Å²) in [6, 6.07) is 0.00465. The van der Waals surface area contributed by atoms with Crippen molar-refractivity contribution in [1.82, 2.24) is 19.5 Å². The van der Waals surface area contributed by atoms with Crippen molar-refractivity contribution in [3.8, 4) is 0 Å². The lowest BCUT2D eigenvalue weighted by Gasteiger charge is -2.18. The van der Waals surface area contributed by atoms with Crippen molar-refractivity contribution in [2.24, 2.45) is 11.3 Å². The third-order valence-electron chi connectivity index (χ3n) is 4.09. The molecule has 0 fully saturated rings. The molecule has 0 unspecified atom stereocenters. The van der Waals surface area contributed by atoms with Crippen molar-refractivity contribution >= 4 is 23.1 Å². The van der Waals surface area contributed by atoms with E-state index >= 15 is 0 Å². The third-order valence-corrected chi connectivity index (χ3v) is 4.09. The Labute approximate surface area is 145 Å². The van der Waals surface area contributed by atoms with E-state index in [1.165, 1.54) is 0 Å². The van der Waals surface area contributed by atoms with Crippen LogP contribution in [0.2, 0.25) is 0 Å². The highest BCUT2D eigenvalue weighted by Crippen LogP contribution is 2.30. The molecule has 0 radical (unpaired) electrons. The van der Waals surface area contributed by atoms with E-state index in [0.717, 1.165) is 6.42 Å². The number of anilines is 1. The summed E-state index contributed by atoms with van der Waals surface area (Å²) in [4.78, 5) is 34.5. The summed E-state index contributed by atoms with van der Waals surface area (Å²) in [5.41, 5.74) is 5.92. The Kier molecular flexibility index (Phi) is 4.36. The molecular weight excluding hydrogens is 322 g/mol. The predicted molar refractivity (Wildman–Crippen MR) is 93.9 cm³/mol. The van der Waals surface area contributed by atoms with Crippen LogP contribution in [-0.2, 0) is 9.53 Å². The van der Waals surface area contributed by atoms with E-state index in [9.17, 15) is 9.59 Å². The number of ether oxygens (including phenoxy) is 1. The summed E-state index contributed by atoms with van der Waals surface area (Å²) in [5, 5.41) is 0. The monoisotopic (exact) mass is 345 g/mol. The predicted octanol–water partition coefficient (Wildman–Crippen LogP) is 1.80. The Hall–Kier alpha value is -2.64. The molecule has 2 aromatic rings. The molecule has 8 heteroatoms. The number of hydrogen-bond acceptors (Lipinski definition) is 6. The van der Waals surface area contributed by atoms with Crippen LogP contribution < -0.4 is 11.3 Å². The Bertz CT molecular complexity index is 875. The number of allylic oxidation sites excluding steroid dienone is 1. The van der Waals surface area contributed by atoms with Crippen LogP contribution in [-0.4, -0.2) is 32.1 Å². The van der Waals surface area contributed by atoms with E-state index in [1.807, 2.05) is 37.5 Å². The molecule has 134 valence electrons. The first kappa shape index (κ1) is 17.2. The number of H-pyrrole nitrogens is 1. The molecule has 0 bridgehead atoms. The molecule has 0 aromatic carbocycles. The van der Waals surface area contributed by atoms with E-state index in [0.29, 0.717) is 18.7 Å². The van der Waals surface area contributed by atoms with E-state index < -0.39 is 0 Å². The number of carbonyl (C=O) groups is 1. The molecule has 2 heterocycles. The maximum atomic E-state index is 11.9. The van der Waals surface area contributed by atoms with Gasteiger partial charge in [-0.1, -0.05) is 32.9 Å². The average Bonchev–Trinajstić information content (AvgIpc) is 3.09. The van der Waals surface area contributed by atoms with Crippen molar-refractivity contribution in [3.63, 3.8) is 0 Å². The minimum atomic E-state index is -0.351. The summed E-state index contributed by atoms with van der Waals surface area (Å²) in [7, 11) is 0. The number of rotatable bonds is 4. The zero-order valence-electron chi connectivity index (χ0n) is 14.7. The minimum absolute atomic E-state index is 0.00465. The summed E-state index contributed by atoms with van der Waals surface area (Å²) in [5.74, 6) is 0.0120. The molecule has 0 aliphatic heterocycles. The molecule has 2 aromatic heterocycles. The van der Waals surface area contributed by atoms with Crippen molar-refractivity contribution in [3.05, 3.63) is 28.8 Å². The lowest BCUT2D eigenvalue weighted by Crippen LogP contribution is -2.18. The van der Waals surface area contributed by atoms with Crippen molar-refractivity contribution in [2.45, 2.75) is 39.7 Å². The fraction of sp³-hybridized carbons (Fsp3) is 0.529. The number of nitrogens with one attached hydrogen (secondary N) is 1. The number of fused-ring (bicyclic) bond motifs is 1. The first-order chi connectivity index (χ1) is 11.7. The topological polar surface area (TPSA) is 116 Å². The number of hydrogen-bond donors (Lipinski definition) is 2. The van der Waals surface area contributed by atoms with Crippen LogP contribution >= 0.6 is 0 Å². The number of carbonyl (C=O) groups excluding carboxylic acids is 1. The van der Waals surface area contributed by atoms with Gasteiger partial charge in [-0.2, -0.15) is 4.98 Å². The average molecular weight is 345 g/mol. The molecule has 0 saturated heterocycles. The standard InChI is InChI=1S/C17H23N5O3/c1-17(2,3)7-12(23)25-8-10-4-5-11(6-10)22-9-19-13-14(22)20-16(18)21-15(13)24/h4-5,9-11H,6-8H2,1-3H3,(H3,18,20,21,24)/t10-,11+/m0/s1. The van der Waals surface area contributed by atoms with E-state index in [-0.39, 0.29) is 40.4 Å². The Balaban J connectivity index is 1.65. The molecule has 3 rings (SSSR count). The largest absolute Gasteiger partial charge is 0.465 e. The van der Waals surface area contributed by atoms with Gasteiger partial charge in [0.2, 0.25) is 5.95 Å². The van der Waals surface area contributed by atoms with Crippen LogP contribution in [0.1, 0.15) is 39.7 Å². The molecular formula is C17H23N5O3. The van der Waals surface area contributed by atoms with E-state index in [2.05, 4.69) is 15.0 Å². The molecule has 8 nitrogen and oxygen atoms in total. The third kappa shape index (κ3) is 3.89. The first-order valence-electron chi connectivity index (χ1n) is 8.29. The zero-order chi connectivity index (χ0) is 18.2. The molecule has 0 saturated carbocycles. The van der Waals surface area contributed by atoms with Gasteiger partial charge in [0.1, 0.15) is 0 Å². The molecule has 1 aliphatic carbocycles. The number of nitrogens with two attached hydrogens (primary N) is 1. The van der Waals surface area contributed by atoms with E-state index in [1.54, 1.807) is 6.33 Å². The lowest BCUT2D eigenvalue weighted by molar-refractivity contribution is -0.146. The molecule has 2 atom stereocenters. The smallest absolute Gasteiger partial charge is 0.306 e. The van der Waals surface area contributed by atoms with Crippen molar-refractivity contribution < 1.29 is 9.53 Å². The Morgan fingerprint density at radius 3 is 2.92 bits per heavy atom. The second kappa shape index (κ2) is 6.34. The van der Waals surface area contributed by atoms with Gasteiger partial charge in [0.15, 0.2) is 11.2 Å². The minimum Gasteiger partial charge on any atom is -0.465 e. The van der Waals surface area contributed by atoms with Crippen molar-refractivity contribution in [1.29, 1.82) is 0 Å². The van der Waals surface area contributed by atoms with Crippen LogP contribution in [0.3, 0.4) is 0 Å². The Morgan fingerprint density at radius 1 is 1.44 bits per heavy atom. The summed E-state index contributed by atoms with van der Waals surface area (Å²) >= 11 is 0. The fourth-order valence-electron chi connectivity index (χ4n) is 2.95. The highest BCUT2D eigenvalue weighted by atomic mass is 16.5. The van der Waals surface area contributed by atoms with Gasteiger partial charge < -0.3 is 15.0 Å². The van der Waals surface area contributed by atoms with Gasteiger partial charge in [-0.25, -0.2) is 4.98 Å². The summed E-state index contributed by atoms with van der Waals surface area (Å²) < 4.78 is 7.22. The zero-order valence-corrected chi connectivity index (χ0v) is 14.7. The quantitative estimate of drug-likeness (QED) is 0.645. The summed E-state index contributed by atoms with van der Waals surface area (Å²) in [6.45, 7) is 6.36. The normalized spacial score (nSPS) is 20.3. The SMILES string of the molecule is CC(C)(C)CC(=O)OC[C@H]1C=C[C@@H](n2cnc3c(=O)[nH]c(N)nc32)C1. The van der Waals surface area contributed by atoms with Crippen LogP contribution in [0.15, 0.2) is 23.3 Å². The number of imidazole rings is 1. The van der Waals surface area contributed by atoms with Gasteiger partial charge in [-0.3, -0.25) is 14.6 Å². The number of aromatic nitrogens is 4. The Morgan fingerprint density at radius 2 is 2.20 bits per heavy atom. The summed E-state index contributed by atoms with van der Waals surface area (Å²) in [6.07, 6.45) is 6.78. The molecule has 25 heavy (non-hydrogen) atoms. The number of nitrogen functional groups attached to an aromatic ring is 1. The van der Waals surface area contributed by atoms with Gasteiger partial charge in [0, 0.05) is 5.92 Å². The van der Waals surface area contributed by atoms with Gasteiger partial charge in [-0.05, 0) is 11.8 Å². The van der Waals surface area contributed by atoms with Gasteiger partial charge >= 0.3 is 5.97 Å². The van der Waals surface area contributed by atoms with Gasteiger partial charge in [-0.15, -0.1) is 0 Å². The second-order valence-corrected chi connectivity index (χ2v) is 7.64. The molecule has 3 N–H and O–H groups in total. The van der Waals surface area contributed by atoms with Crippen LogP contribution in [0.25, 0.3) is 11.2 Å². The van der Waals surface area contributed by atoms with Gasteiger partial charge in [0.05, 0.1) is 25.4 Å². The second-order valence-electron chi connectivity index (χ2n) is 7.64. The number of esters is 1. The van der Waals surface area contributed by atoms with E-state index in [4.69, 9.17) is 10.5 Å². The highest BCUT2D eigenvalue weighted by molar-refractivity contribution is 5.71. The lowest BCUT2D eigenvalue weighted by atomic mass is 9.92. The first-order valence-corrected chi connectivity index (χ1v) is 8.29. The van der Waals surface area contributed by atoms with Crippen LogP contribution in [0.5, 0.6) is 0 Å². The maximum Gasteiger partial charge on any atom is 0.306 e. The van der Waals surface area contributed by atoms with Crippen molar-refractivity contribution in [2.75, 3.05) is 12.3 Å². The molecule has 0 spiro atoms. The van der Waals surface area contributed by atoms with Gasteiger partial charge in [0.25, 0.3) is 5.56 Å². The maximum absolute atomic E-state index is 11.9. The van der Waals surface area contributed by atoms with Crippen LogP contribution in [0.4, 0.5) is 5.95 Å².